The molecule has 4 nitrogen and oxygen atoms in total. The number of aromatic nitrogens is 3. The van der Waals surface area contributed by atoms with Gasteiger partial charge in [-0.15, -0.1) is 0 Å². The second kappa shape index (κ2) is 4.31. The summed E-state index contributed by atoms with van der Waals surface area (Å²) in [6.45, 7) is 0. The molecule has 0 bridgehead atoms. The van der Waals surface area contributed by atoms with Crippen LogP contribution < -0.4 is 4.74 Å². The maximum Gasteiger partial charge on any atom is 0.222 e. The molecular formula is C13H10ClN3O. The van der Waals surface area contributed by atoms with Gasteiger partial charge in [-0.2, -0.15) is 0 Å². The average Bonchev–Trinajstić information content (AvgIpc) is 2.81. The zero-order valence-electron chi connectivity index (χ0n) is 9.67. The minimum absolute atomic E-state index is 0.562. The highest BCUT2D eigenvalue weighted by Gasteiger charge is 2.10. The molecule has 0 spiro atoms. The lowest BCUT2D eigenvalue weighted by atomic mass is 10.2. The first kappa shape index (κ1) is 11.0. The number of rotatable bonds is 2. The SMILES string of the molecule is COc1ncccc1-c1cn2ccc(Cl)cc2n1. The summed E-state index contributed by atoms with van der Waals surface area (Å²) in [6.07, 6.45) is 5.48. The van der Waals surface area contributed by atoms with Crippen molar-refractivity contribution in [2.45, 2.75) is 0 Å². The number of hydrogen-bond donors (Lipinski definition) is 0. The van der Waals surface area contributed by atoms with Crippen LogP contribution in [-0.2, 0) is 0 Å². The standard InChI is InChI=1S/C13H10ClN3O/c1-18-13-10(3-2-5-15-13)11-8-17-6-4-9(14)7-12(17)16-11/h2-8H,1H3. The van der Waals surface area contributed by atoms with Gasteiger partial charge in [0.05, 0.1) is 18.4 Å². The topological polar surface area (TPSA) is 39.4 Å². The lowest BCUT2D eigenvalue weighted by Crippen LogP contribution is -1.90. The highest BCUT2D eigenvalue weighted by molar-refractivity contribution is 6.30. The molecule has 3 aromatic heterocycles. The third-order valence-electron chi connectivity index (χ3n) is 2.66. The number of pyridine rings is 2. The van der Waals surface area contributed by atoms with Crippen LogP contribution in [-0.4, -0.2) is 21.5 Å². The van der Waals surface area contributed by atoms with E-state index in [4.69, 9.17) is 16.3 Å². The van der Waals surface area contributed by atoms with Crippen molar-refractivity contribution in [1.29, 1.82) is 0 Å². The zero-order chi connectivity index (χ0) is 12.5. The van der Waals surface area contributed by atoms with Gasteiger partial charge in [-0.1, -0.05) is 11.6 Å². The Hall–Kier alpha value is -2.07. The largest absolute Gasteiger partial charge is 0.481 e. The van der Waals surface area contributed by atoms with Gasteiger partial charge in [0.2, 0.25) is 5.88 Å². The Morgan fingerprint density at radius 3 is 3.06 bits per heavy atom. The number of fused-ring (bicyclic) bond motifs is 1. The molecule has 3 heterocycles. The smallest absolute Gasteiger partial charge is 0.222 e. The van der Waals surface area contributed by atoms with Crippen molar-refractivity contribution in [2.24, 2.45) is 0 Å². The van der Waals surface area contributed by atoms with Crippen molar-refractivity contribution < 1.29 is 4.74 Å². The van der Waals surface area contributed by atoms with Crippen LogP contribution in [0.2, 0.25) is 5.02 Å². The Balaban J connectivity index is 2.19. The van der Waals surface area contributed by atoms with E-state index < -0.39 is 0 Å². The molecule has 0 unspecified atom stereocenters. The second-order valence-electron chi connectivity index (χ2n) is 3.80. The Labute approximate surface area is 109 Å². The van der Waals surface area contributed by atoms with Gasteiger partial charge in [-0.05, 0) is 18.2 Å². The molecule has 0 radical (unpaired) electrons. The summed E-state index contributed by atoms with van der Waals surface area (Å²) in [5.41, 5.74) is 2.46. The molecule has 0 aliphatic heterocycles. The van der Waals surface area contributed by atoms with Crippen LogP contribution in [0.5, 0.6) is 5.88 Å². The lowest BCUT2D eigenvalue weighted by Gasteiger charge is -2.02. The maximum absolute atomic E-state index is 5.94. The molecule has 3 rings (SSSR count). The summed E-state index contributed by atoms with van der Waals surface area (Å²) >= 11 is 5.94. The van der Waals surface area contributed by atoms with Crippen molar-refractivity contribution >= 4 is 17.2 Å². The second-order valence-corrected chi connectivity index (χ2v) is 4.23. The highest BCUT2D eigenvalue weighted by Crippen LogP contribution is 2.27. The Kier molecular flexibility index (Phi) is 2.64. The molecule has 0 saturated carbocycles. The van der Waals surface area contributed by atoms with Crippen LogP contribution >= 0.6 is 11.6 Å². The van der Waals surface area contributed by atoms with Gasteiger partial charge in [0.25, 0.3) is 0 Å². The summed E-state index contributed by atoms with van der Waals surface area (Å²) < 4.78 is 7.14. The molecule has 90 valence electrons. The fourth-order valence-electron chi connectivity index (χ4n) is 1.84. The first-order valence-electron chi connectivity index (χ1n) is 5.41. The summed E-state index contributed by atoms with van der Waals surface area (Å²) in [5.74, 6) is 0.562. The van der Waals surface area contributed by atoms with Gasteiger partial charge in [-0.3, -0.25) is 0 Å². The van der Waals surface area contributed by atoms with E-state index in [0.717, 1.165) is 16.9 Å². The third-order valence-corrected chi connectivity index (χ3v) is 2.90. The van der Waals surface area contributed by atoms with Crippen molar-refractivity contribution in [3.63, 3.8) is 0 Å². The van der Waals surface area contributed by atoms with E-state index in [1.54, 1.807) is 13.3 Å². The fourth-order valence-corrected chi connectivity index (χ4v) is 1.99. The van der Waals surface area contributed by atoms with Gasteiger partial charge in [0.15, 0.2) is 0 Å². The number of hydrogen-bond acceptors (Lipinski definition) is 3. The van der Waals surface area contributed by atoms with E-state index >= 15 is 0 Å². The molecule has 0 saturated heterocycles. The van der Waals surface area contributed by atoms with Crippen molar-refractivity contribution in [3.05, 3.63) is 47.9 Å². The fraction of sp³-hybridized carbons (Fsp3) is 0.0769. The predicted molar refractivity (Wildman–Crippen MR) is 70.0 cm³/mol. The highest BCUT2D eigenvalue weighted by atomic mass is 35.5. The number of ether oxygens (including phenoxy) is 1. The van der Waals surface area contributed by atoms with E-state index in [-0.39, 0.29) is 0 Å². The monoisotopic (exact) mass is 259 g/mol. The van der Waals surface area contributed by atoms with Crippen LogP contribution in [0.25, 0.3) is 16.9 Å². The third kappa shape index (κ3) is 1.80. The van der Waals surface area contributed by atoms with E-state index in [1.165, 1.54) is 0 Å². The average molecular weight is 260 g/mol. The Morgan fingerprint density at radius 2 is 2.22 bits per heavy atom. The van der Waals surface area contributed by atoms with Crippen molar-refractivity contribution in [2.75, 3.05) is 7.11 Å². The van der Waals surface area contributed by atoms with E-state index in [2.05, 4.69) is 9.97 Å². The zero-order valence-corrected chi connectivity index (χ0v) is 10.4. The van der Waals surface area contributed by atoms with Crippen LogP contribution in [0.3, 0.4) is 0 Å². The van der Waals surface area contributed by atoms with Crippen LogP contribution in [0.1, 0.15) is 0 Å². The van der Waals surface area contributed by atoms with Gasteiger partial charge >= 0.3 is 0 Å². The van der Waals surface area contributed by atoms with Gasteiger partial charge in [0, 0.05) is 29.7 Å². The number of imidazole rings is 1. The minimum Gasteiger partial charge on any atom is -0.481 e. The predicted octanol–water partition coefficient (Wildman–Crippen LogP) is 3.06. The van der Waals surface area contributed by atoms with Crippen LogP contribution in [0.15, 0.2) is 42.9 Å². The Bertz CT molecular complexity index is 708. The van der Waals surface area contributed by atoms with Crippen molar-refractivity contribution in [1.82, 2.24) is 14.4 Å². The van der Waals surface area contributed by atoms with Gasteiger partial charge in [-0.25, -0.2) is 9.97 Å². The molecule has 0 aliphatic rings. The first-order chi connectivity index (χ1) is 8.78. The molecule has 3 aromatic rings. The molecule has 0 aliphatic carbocycles. The van der Waals surface area contributed by atoms with Crippen molar-refractivity contribution in [3.8, 4) is 17.1 Å². The van der Waals surface area contributed by atoms with E-state index in [9.17, 15) is 0 Å². The summed E-state index contributed by atoms with van der Waals surface area (Å²) in [4.78, 5) is 8.67. The summed E-state index contributed by atoms with van der Waals surface area (Å²) in [7, 11) is 1.60. The van der Waals surface area contributed by atoms with E-state index in [0.29, 0.717) is 10.9 Å². The van der Waals surface area contributed by atoms with E-state index in [1.807, 2.05) is 41.1 Å². The summed E-state index contributed by atoms with van der Waals surface area (Å²) in [6, 6.07) is 7.42. The number of nitrogens with zero attached hydrogens (tertiary/aromatic N) is 3. The molecular weight excluding hydrogens is 250 g/mol. The molecule has 0 fully saturated rings. The molecule has 5 heteroatoms. The maximum atomic E-state index is 5.94. The van der Waals surface area contributed by atoms with Gasteiger partial charge < -0.3 is 9.14 Å². The molecule has 0 amide bonds. The van der Waals surface area contributed by atoms with Crippen LogP contribution in [0.4, 0.5) is 0 Å². The normalized spacial score (nSPS) is 10.8. The number of methoxy groups -OCH3 is 1. The number of halogens is 1. The minimum atomic E-state index is 0.562. The molecule has 0 N–H and O–H groups in total. The Morgan fingerprint density at radius 1 is 1.33 bits per heavy atom. The first-order valence-corrected chi connectivity index (χ1v) is 5.79. The molecule has 0 aromatic carbocycles. The lowest BCUT2D eigenvalue weighted by molar-refractivity contribution is 0.399. The van der Waals surface area contributed by atoms with Crippen LogP contribution in [0, 0.1) is 0 Å². The molecule has 0 atom stereocenters. The quantitative estimate of drug-likeness (QED) is 0.710. The molecule has 18 heavy (non-hydrogen) atoms. The van der Waals surface area contributed by atoms with Gasteiger partial charge in [0.1, 0.15) is 5.65 Å². The summed E-state index contributed by atoms with van der Waals surface area (Å²) in [5, 5.41) is 0.665.